The number of aromatic nitrogens is 1. The summed E-state index contributed by atoms with van der Waals surface area (Å²) in [6.45, 7) is 0. The van der Waals surface area contributed by atoms with Gasteiger partial charge in [0.25, 0.3) is 0 Å². The van der Waals surface area contributed by atoms with E-state index in [4.69, 9.17) is 0 Å². The Labute approximate surface area is 97.5 Å². The van der Waals surface area contributed by atoms with Crippen molar-refractivity contribution in [3.63, 3.8) is 0 Å². The van der Waals surface area contributed by atoms with E-state index >= 15 is 0 Å². The molecule has 4 nitrogen and oxygen atoms in total. The van der Waals surface area contributed by atoms with Gasteiger partial charge in [0.2, 0.25) is 10.0 Å². The molecule has 82 valence electrons. The topological polar surface area (TPSA) is 50.3 Å². The molecule has 0 unspecified atom stereocenters. The van der Waals surface area contributed by atoms with Crippen LogP contribution in [0.3, 0.4) is 0 Å². The van der Waals surface area contributed by atoms with Crippen LogP contribution in [0.4, 0.5) is 0 Å². The predicted molar refractivity (Wildman–Crippen MR) is 59.9 cm³/mol. The average Bonchev–Trinajstić information content (AvgIpc) is 3.00. The van der Waals surface area contributed by atoms with Gasteiger partial charge in [-0.3, -0.25) is 4.98 Å². The number of rotatable bonds is 3. The van der Waals surface area contributed by atoms with Gasteiger partial charge in [0.05, 0.1) is 0 Å². The molecule has 0 bridgehead atoms. The molecule has 0 aromatic carbocycles. The van der Waals surface area contributed by atoms with E-state index < -0.39 is 10.0 Å². The van der Waals surface area contributed by atoms with E-state index in [1.807, 2.05) is 0 Å². The molecule has 6 heteroatoms. The van der Waals surface area contributed by atoms with Crippen molar-refractivity contribution in [2.45, 2.75) is 23.8 Å². The van der Waals surface area contributed by atoms with Crippen LogP contribution in [0.2, 0.25) is 0 Å². The number of hydrogen-bond acceptors (Lipinski definition) is 3. The molecule has 15 heavy (non-hydrogen) atoms. The van der Waals surface area contributed by atoms with Crippen LogP contribution >= 0.6 is 15.9 Å². The number of hydrogen-bond donors (Lipinski definition) is 0. The molecule has 1 fully saturated rings. The highest BCUT2D eigenvalue weighted by atomic mass is 79.9. The van der Waals surface area contributed by atoms with Crippen LogP contribution in [0.25, 0.3) is 0 Å². The summed E-state index contributed by atoms with van der Waals surface area (Å²) in [6.07, 6.45) is 4.85. The van der Waals surface area contributed by atoms with Crippen LogP contribution in [0, 0.1) is 0 Å². The van der Waals surface area contributed by atoms with Crippen molar-refractivity contribution in [2.75, 3.05) is 7.05 Å². The lowest BCUT2D eigenvalue weighted by atomic mass is 10.5. The van der Waals surface area contributed by atoms with Gasteiger partial charge >= 0.3 is 0 Å². The summed E-state index contributed by atoms with van der Waals surface area (Å²) < 4.78 is 26.2. The Morgan fingerprint density at radius 1 is 1.47 bits per heavy atom. The predicted octanol–water partition coefficient (Wildman–Crippen LogP) is 1.63. The average molecular weight is 291 g/mol. The maximum absolute atomic E-state index is 12.0. The Morgan fingerprint density at radius 2 is 2.13 bits per heavy atom. The molecule has 1 heterocycles. The van der Waals surface area contributed by atoms with Crippen molar-refractivity contribution in [1.82, 2.24) is 9.29 Å². The summed E-state index contributed by atoms with van der Waals surface area (Å²) >= 11 is 3.21. The molecule has 0 amide bonds. The van der Waals surface area contributed by atoms with Crippen LogP contribution in [0.15, 0.2) is 27.8 Å². The van der Waals surface area contributed by atoms with Crippen LogP contribution in [0.1, 0.15) is 12.8 Å². The molecular weight excluding hydrogens is 280 g/mol. The molecule has 1 aromatic heterocycles. The van der Waals surface area contributed by atoms with Gasteiger partial charge in [0.1, 0.15) is 4.90 Å². The Balaban J connectivity index is 2.36. The van der Waals surface area contributed by atoms with E-state index in [-0.39, 0.29) is 10.9 Å². The van der Waals surface area contributed by atoms with Crippen molar-refractivity contribution >= 4 is 26.0 Å². The first kappa shape index (κ1) is 11.0. The van der Waals surface area contributed by atoms with Crippen LogP contribution < -0.4 is 0 Å². The quantitative estimate of drug-likeness (QED) is 0.850. The van der Waals surface area contributed by atoms with Gasteiger partial charge in [-0.15, -0.1) is 0 Å². The van der Waals surface area contributed by atoms with E-state index in [9.17, 15) is 8.42 Å². The lowest BCUT2D eigenvalue weighted by Gasteiger charge is -2.15. The third-order valence-corrected chi connectivity index (χ3v) is 4.73. The van der Waals surface area contributed by atoms with E-state index in [0.717, 1.165) is 12.8 Å². The van der Waals surface area contributed by atoms with Crippen molar-refractivity contribution in [2.24, 2.45) is 0 Å². The van der Waals surface area contributed by atoms with Crippen molar-refractivity contribution in [1.29, 1.82) is 0 Å². The fourth-order valence-electron chi connectivity index (χ4n) is 1.33. The van der Waals surface area contributed by atoms with Crippen LogP contribution in [-0.2, 0) is 10.0 Å². The van der Waals surface area contributed by atoms with E-state index in [2.05, 4.69) is 20.9 Å². The van der Waals surface area contributed by atoms with Crippen LogP contribution in [-0.4, -0.2) is 30.8 Å². The highest BCUT2D eigenvalue weighted by molar-refractivity contribution is 9.10. The molecule has 1 aromatic rings. The summed E-state index contributed by atoms with van der Waals surface area (Å²) in [7, 11) is -1.74. The molecule has 1 aliphatic carbocycles. The van der Waals surface area contributed by atoms with Crippen molar-refractivity contribution in [3.05, 3.63) is 22.9 Å². The Bertz CT molecular complexity index is 471. The van der Waals surface area contributed by atoms with E-state index in [1.54, 1.807) is 19.3 Å². The lowest BCUT2D eigenvalue weighted by molar-refractivity contribution is 0.464. The minimum Gasteiger partial charge on any atom is -0.262 e. The zero-order valence-electron chi connectivity index (χ0n) is 8.22. The first-order chi connectivity index (χ1) is 7.01. The number of sulfonamides is 1. The second-order valence-electron chi connectivity index (χ2n) is 3.59. The van der Waals surface area contributed by atoms with Gasteiger partial charge in [-0.2, -0.15) is 4.31 Å². The van der Waals surface area contributed by atoms with Gasteiger partial charge in [-0.1, -0.05) is 0 Å². The molecule has 0 atom stereocenters. The molecule has 1 saturated carbocycles. The molecule has 2 rings (SSSR count). The minimum absolute atomic E-state index is 0.175. The van der Waals surface area contributed by atoms with Gasteiger partial charge < -0.3 is 0 Å². The Kier molecular flexibility index (Phi) is 2.83. The van der Waals surface area contributed by atoms with E-state index in [0.29, 0.717) is 4.47 Å². The molecule has 0 radical (unpaired) electrons. The summed E-state index contributed by atoms with van der Waals surface area (Å²) in [4.78, 5) is 4.10. The Morgan fingerprint density at radius 3 is 2.67 bits per heavy atom. The van der Waals surface area contributed by atoms with Gasteiger partial charge in [0, 0.05) is 30.0 Å². The lowest BCUT2D eigenvalue weighted by Crippen LogP contribution is -2.29. The third-order valence-electron chi connectivity index (χ3n) is 2.42. The minimum atomic E-state index is -3.36. The number of halogens is 1. The van der Waals surface area contributed by atoms with Gasteiger partial charge in [-0.25, -0.2) is 8.42 Å². The summed E-state index contributed by atoms with van der Waals surface area (Å²) in [6, 6.07) is 1.75. The molecular formula is C9H11BrN2O2S. The first-order valence-electron chi connectivity index (χ1n) is 4.60. The molecule has 0 aliphatic heterocycles. The maximum atomic E-state index is 12.0. The smallest absolute Gasteiger partial charge is 0.244 e. The summed E-state index contributed by atoms with van der Waals surface area (Å²) in [5, 5.41) is 0. The first-order valence-corrected chi connectivity index (χ1v) is 6.84. The highest BCUT2D eigenvalue weighted by Gasteiger charge is 2.35. The van der Waals surface area contributed by atoms with Gasteiger partial charge in [0.15, 0.2) is 0 Å². The van der Waals surface area contributed by atoms with Gasteiger partial charge in [-0.05, 0) is 34.8 Å². The molecule has 0 N–H and O–H groups in total. The standard InChI is InChI=1S/C9H11BrN2O2S/c1-12(8-2-3-8)15(13,14)9-4-7(10)5-11-6-9/h4-6,8H,2-3H2,1H3. The third kappa shape index (κ3) is 2.21. The van der Waals surface area contributed by atoms with Crippen LogP contribution in [0.5, 0.6) is 0 Å². The fourth-order valence-corrected chi connectivity index (χ4v) is 3.26. The highest BCUT2D eigenvalue weighted by Crippen LogP contribution is 2.30. The largest absolute Gasteiger partial charge is 0.262 e. The number of nitrogens with zero attached hydrogens (tertiary/aromatic N) is 2. The zero-order valence-corrected chi connectivity index (χ0v) is 10.6. The zero-order chi connectivity index (χ0) is 11.1. The van der Waals surface area contributed by atoms with E-state index in [1.165, 1.54) is 10.5 Å². The normalized spacial score (nSPS) is 17.0. The second kappa shape index (κ2) is 3.84. The number of pyridine rings is 1. The SMILES string of the molecule is CN(C1CC1)S(=O)(=O)c1cncc(Br)c1. The molecule has 0 spiro atoms. The van der Waals surface area contributed by atoms with Crippen molar-refractivity contribution < 1.29 is 8.42 Å². The molecule has 1 aliphatic rings. The second-order valence-corrected chi connectivity index (χ2v) is 6.50. The Hall–Kier alpha value is -0.460. The summed E-state index contributed by atoms with van der Waals surface area (Å²) in [5.41, 5.74) is 0. The monoisotopic (exact) mass is 290 g/mol. The summed E-state index contributed by atoms with van der Waals surface area (Å²) in [5.74, 6) is 0. The maximum Gasteiger partial charge on any atom is 0.244 e. The molecule has 0 saturated heterocycles. The van der Waals surface area contributed by atoms with Crippen molar-refractivity contribution in [3.8, 4) is 0 Å². The fraction of sp³-hybridized carbons (Fsp3) is 0.444.